The van der Waals surface area contributed by atoms with E-state index < -0.39 is 6.04 Å². The van der Waals surface area contributed by atoms with Crippen LogP contribution in [-0.2, 0) is 9.53 Å². The summed E-state index contributed by atoms with van der Waals surface area (Å²) in [6.07, 6.45) is 2.13. The summed E-state index contributed by atoms with van der Waals surface area (Å²) >= 11 is 0. The van der Waals surface area contributed by atoms with E-state index in [1.807, 2.05) is 0 Å². The lowest BCUT2D eigenvalue weighted by Crippen LogP contribution is -2.32. The van der Waals surface area contributed by atoms with Crippen LogP contribution in [0.25, 0.3) is 0 Å². The van der Waals surface area contributed by atoms with E-state index in [4.69, 9.17) is 4.74 Å². The predicted molar refractivity (Wildman–Crippen MR) is 70.5 cm³/mol. The minimum atomic E-state index is -0.394. The van der Waals surface area contributed by atoms with Crippen LogP contribution in [0, 0.1) is 5.92 Å². The third-order valence-electron chi connectivity index (χ3n) is 2.44. The van der Waals surface area contributed by atoms with Gasteiger partial charge in [0.1, 0.15) is 24.0 Å². The molecule has 0 aliphatic heterocycles. The minimum absolute atomic E-state index is 0.284. The van der Waals surface area contributed by atoms with Crippen LogP contribution in [0.4, 0.5) is 11.6 Å². The van der Waals surface area contributed by atoms with Crippen LogP contribution in [0.15, 0.2) is 12.4 Å². The summed E-state index contributed by atoms with van der Waals surface area (Å²) in [6.45, 7) is 4.10. The largest absolute Gasteiger partial charge is 0.467 e. The van der Waals surface area contributed by atoms with E-state index in [0.717, 1.165) is 0 Å². The Kier molecular flexibility index (Phi) is 5.35. The van der Waals surface area contributed by atoms with Crippen LogP contribution in [0.1, 0.15) is 20.3 Å². The number of hydrogen-bond donors (Lipinski definition) is 2. The quantitative estimate of drug-likeness (QED) is 0.747. The van der Waals surface area contributed by atoms with Gasteiger partial charge in [0.2, 0.25) is 0 Å². The van der Waals surface area contributed by atoms with Crippen molar-refractivity contribution in [1.82, 2.24) is 9.97 Å². The second kappa shape index (κ2) is 6.78. The van der Waals surface area contributed by atoms with E-state index in [-0.39, 0.29) is 5.97 Å². The predicted octanol–water partition coefficient (Wildman–Crippen LogP) is 1.52. The van der Waals surface area contributed by atoms with Crippen molar-refractivity contribution in [1.29, 1.82) is 0 Å². The van der Waals surface area contributed by atoms with Gasteiger partial charge in [-0.25, -0.2) is 14.8 Å². The van der Waals surface area contributed by atoms with Gasteiger partial charge in [-0.3, -0.25) is 0 Å². The number of ether oxygens (including phenoxy) is 1. The molecule has 1 heterocycles. The standard InChI is InChI=1S/C12H20N4O2/c1-8(2)5-9(12(17)18-4)16-11-6-10(13-3)14-7-15-11/h6-9H,5H2,1-4H3,(H2,13,14,15,16). The maximum absolute atomic E-state index is 11.7. The number of anilines is 2. The second-order valence-electron chi connectivity index (χ2n) is 4.39. The Bertz CT molecular complexity index is 395. The minimum Gasteiger partial charge on any atom is -0.467 e. The smallest absolute Gasteiger partial charge is 0.328 e. The van der Waals surface area contributed by atoms with Crippen molar-refractivity contribution in [2.45, 2.75) is 26.3 Å². The van der Waals surface area contributed by atoms with Crippen LogP contribution in [0.5, 0.6) is 0 Å². The van der Waals surface area contributed by atoms with Crippen molar-refractivity contribution in [3.05, 3.63) is 12.4 Å². The van der Waals surface area contributed by atoms with Crippen molar-refractivity contribution in [3.8, 4) is 0 Å². The van der Waals surface area contributed by atoms with Crippen molar-refractivity contribution in [2.75, 3.05) is 24.8 Å². The van der Waals surface area contributed by atoms with Gasteiger partial charge in [0.25, 0.3) is 0 Å². The number of methoxy groups -OCH3 is 1. The van der Waals surface area contributed by atoms with Gasteiger partial charge in [0.05, 0.1) is 7.11 Å². The molecule has 0 aromatic carbocycles. The number of hydrogen-bond acceptors (Lipinski definition) is 6. The van der Waals surface area contributed by atoms with Gasteiger partial charge < -0.3 is 15.4 Å². The van der Waals surface area contributed by atoms with E-state index in [2.05, 4.69) is 34.4 Å². The van der Waals surface area contributed by atoms with E-state index in [1.54, 1.807) is 13.1 Å². The Balaban J connectivity index is 2.78. The van der Waals surface area contributed by atoms with Gasteiger partial charge in [-0.2, -0.15) is 0 Å². The molecular weight excluding hydrogens is 232 g/mol. The van der Waals surface area contributed by atoms with Crippen molar-refractivity contribution in [2.24, 2.45) is 5.92 Å². The number of aromatic nitrogens is 2. The maximum atomic E-state index is 11.7. The number of carbonyl (C=O) groups excluding carboxylic acids is 1. The molecule has 1 aromatic rings. The van der Waals surface area contributed by atoms with Crippen LogP contribution >= 0.6 is 0 Å². The normalized spacial score (nSPS) is 12.1. The molecule has 0 spiro atoms. The summed E-state index contributed by atoms with van der Waals surface area (Å²) in [7, 11) is 3.16. The first-order valence-corrected chi connectivity index (χ1v) is 5.91. The molecule has 1 unspecified atom stereocenters. The molecule has 2 N–H and O–H groups in total. The van der Waals surface area contributed by atoms with Gasteiger partial charge in [-0.1, -0.05) is 13.8 Å². The zero-order valence-corrected chi connectivity index (χ0v) is 11.2. The first-order chi connectivity index (χ1) is 8.56. The molecule has 0 radical (unpaired) electrons. The zero-order chi connectivity index (χ0) is 13.5. The van der Waals surface area contributed by atoms with Crippen LogP contribution in [-0.4, -0.2) is 36.1 Å². The Hall–Kier alpha value is -1.85. The topological polar surface area (TPSA) is 76.1 Å². The molecular formula is C12H20N4O2. The van der Waals surface area contributed by atoms with Gasteiger partial charge in [0, 0.05) is 13.1 Å². The average molecular weight is 252 g/mol. The third-order valence-corrected chi connectivity index (χ3v) is 2.44. The van der Waals surface area contributed by atoms with Crippen LogP contribution in [0.3, 0.4) is 0 Å². The van der Waals surface area contributed by atoms with E-state index in [1.165, 1.54) is 13.4 Å². The molecule has 0 saturated heterocycles. The summed E-state index contributed by atoms with van der Waals surface area (Å²) < 4.78 is 4.78. The van der Waals surface area contributed by atoms with E-state index in [0.29, 0.717) is 24.0 Å². The summed E-state index contributed by atoms with van der Waals surface area (Å²) in [5, 5.41) is 5.99. The fourth-order valence-corrected chi connectivity index (χ4v) is 1.58. The maximum Gasteiger partial charge on any atom is 0.328 e. The van der Waals surface area contributed by atoms with Crippen LogP contribution < -0.4 is 10.6 Å². The lowest BCUT2D eigenvalue weighted by atomic mass is 10.0. The van der Waals surface area contributed by atoms with Gasteiger partial charge >= 0.3 is 5.97 Å². The summed E-state index contributed by atoms with van der Waals surface area (Å²) in [4.78, 5) is 19.8. The molecule has 0 aliphatic carbocycles. The number of esters is 1. The highest BCUT2D eigenvalue weighted by atomic mass is 16.5. The second-order valence-corrected chi connectivity index (χ2v) is 4.39. The lowest BCUT2D eigenvalue weighted by molar-refractivity contribution is -0.141. The Labute approximate surface area is 107 Å². The summed E-state index contributed by atoms with van der Waals surface area (Å²) in [5.74, 6) is 1.39. The molecule has 18 heavy (non-hydrogen) atoms. The van der Waals surface area contributed by atoms with Gasteiger partial charge in [0.15, 0.2) is 0 Å². The molecule has 1 aromatic heterocycles. The van der Waals surface area contributed by atoms with Crippen molar-refractivity contribution < 1.29 is 9.53 Å². The first kappa shape index (κ1) is 14.2. The first-order valence-electron chi connectivity index (χ1n) is 5.91. The van der Waals surface area contributed by atoms with E-state index >= 15 is 0 Å². The van der Waals surface area contributed by atoms with Gasteiger partial charge in [-0.05, 0) is 12.3 Å². The van der Waals surface area contributed by atoms with Crippen molar-refractivity contribution >= 4 is 17.6 Å². The molecule has 1 atom stereocenters. The lowest BCUT2D eigenvalue weighted by Gasteiger charge is -2.18. The van der Waals surface area contributed by atoms with Crippen molar-refractivity contribution in [3.63, 3.8) is 0 Å². The molecule has 0 bridgehead atoms. The molecule has 6 nitrogen and oxygen atoms in total. The molecule has 6 heteroatoms. The fourth-order valence-electron chi connectivity index (χ4n) is 1.58. The van der Waals surface area contributed by atoms with Crippen LogP contribution in [0.2, 0.25) is 0 Å². The number of carbonyl (C=O) groups is 1. The molecule has 0 fully saturated rings. The Morgan fingerprint density at radius 1 is 1.39 bits per heavy atom. The zero-order valence-electron chi connectivity index (χ0n) is 11.2. The molecule has 0 amide bonds. The highest BCUT2D eigenvalue weighted by Crippen LogP contribution is 2.14. The summed E-state index contributed by atoms with van der Waals surface area (Å²) in [6, 6.07) is 1.35. The van der Waals surface area contributed by atoms with E-state index in [9.17, 15) is 4.79 Å². The highest BCUT2D eigenvalue weighted by Gasteiger charge is 2.20. The SMILES string of the molecule is CNc1cc(NC(CC(C)C)C(=O)OC)ncn1. The highest BCUT2D eigenvalue weighted by molar-refractivity contribution is 5.78. The molecule has 100 valence electrons. The fraction of sp³-hybridized carbons (Fsp3) is 0.583. The third kappa shape index (κ3) is 4.20. The average Bonchev–Trinajstić information content (AvgIpc) is 2.36. The van der Waals surface area contributed by atoms with Gasteiger partial charge in [-0.15, -0.1) is 0 Å². The number of nitrogens with one attached hydrogen (secondary N) is 2. The Morgan fingerprint density at radius 3 is 2.61 bits per heavy atom. The Morgan fingerprint density at radius 2 is 2.06 bits per heavy atom. The number of nitrogens with zero attached hydrogens (tertiary/aromatic N) is 2. The molecule has 0 aliphatic rings. The summed E-state index contributed by atoms with van der Waals surface area (Å²) in [5.41, 5.74) is 0. The monoisotopic (exact) mass is 252 g/mol. The molecule has 0 saturated carbocycles. The molecule has 1 rings (SSSR count). The number of rotatable bonds is 6.